The molecule has 0 radical (unpaired) electrons. The van der Waals surface area contributed by atoms with Crippen LogP contribution in [0.5, 0.6) is 0 Å². The number of nitrogens with zero attached hydrogens (tertiary/aromatic N) is 2. The molecule has 1 rings (SSSR count). The van der Waals surface area contributed by atoms with Gasteiger partial charge in [0.15, 0.2) is 0 Å². The molecular formula is C14H29ClN4O2. The van der Waals surface area contributed by atoms with Crippen LogP contribution < -0.4 is 11.1 Å². The molecule has 0 spiro atoms. The smallest absolute Gasteiger partial charge is 0.244 e. The van der Waals surface area contributed by atoms with Gasteiger partial charge >= 0.3 is 0 Å². The van der Waals surface area contributed by atoms with Gasteiger partial charge in [-0.15, -0.1) is 12.4 Å². The molecule has 1 heterocycles. The van der Waals surface area contributed by atoms with E-state index in [2.05, 4.69) is 24.1 Å². The second kappa shape index (κ2) is 7.96. The minimum absolute atomic E-state index is 0. The van der Waals surface area contributed by atoms with Crippen LogP contribution in [-0.2, 0) is 9.59 Å². The van der Waals surface area contributed by atoms with Crippen LogP contribution in [0.1, 0.15) is 27.2 Å². The zero-order chi connectivity index (χ0) is 15.5. The lowest BCUT2D eigenvalue weighted by Gasteiger charge is -2.42. The van der Waals surface area contributed by atoms with Gasteiger partial charge in [-0.1, -0.05) is 13.8 Å². The first-order valence-corrected chi connectivity index (χ1v) is 7.12. The molecule has 2 atom stereocenters. The van der Waals surface area contributed by atoms with Crippen molar-refractivity contribution in [3.63, 3.8) is 0 Å². The van der Waals surface area contributed by atoms with E-state index in [0.717, 1.165) is 19.5 Å². The van der Waals surface area contributed by atoms with E-state index >= 15 is 0 Å². The molecule has 1 aliphatic rings. The van der Waals surface area contributed by atoms with Crippen LogP contribution in [-0.4, -0.2) is 67.4 Å². The molecule has 0 aliphatic carbocycles. The highest BCUT2D eigenvalue weighted by Gasteiger charge is 2.34. The molecule has 0 saturated carbocycles. The molecule has 6 nitrogen and oxygen atoms in total. The quantitative estimate of drug-likeness (QED) is 0.768. The fraction of sp³-hybridized carbons (Fsp3) is 0.857. The summed E-state index contributed by atoms with van der Waals surface area (Å²) >= 11 is 0. The van der Waals surface area contributed by atoms with Gasteiger partial charge in [-0.3, -0.25) is 14.5 Å². The first-order valence-electron chi connectivity index (χ1n) is 7.12. The SMILES string of the molecule is CC(NC(=O)CN1CCC(N)C(C)(C)C1)C(=O)N(C)C.Cl. The van der Waals surface area contributed by atoms with Gasteiger partial charge in [0.1, 0.15) is 6.04 Å². The van der Waals surface area contributed by atoms with Crippen molar-refractivity contribution >= 4 is 24.2 Å². The Balaban J connectivity index is 0.00000400. The van der Waals surface area contributed by atoms with Gasteiger partial charge in [0, 0.05) is 33.2 Å². The van der Waals surface area contributed by atoms with Gasteiger partial charge in [0.25, 0.3) is 0 Å². The number of amides is 2. The number of hydrogen-bond acceptors (Lipinski definition) is 4. The number of hydrogen-bond donors (Lipinski definition) is 2. The number of nitrogens with one attached hydrogen (secondary N) is 1. The molecule has 0 bridgehead atoms. The third-order valence-electron chi connectivity index (χ3n) is 3.95. The summed E-state index contributed by atoms with van der Waals surface area (Å²) in [5.41, 5.74) is 6.10. The minimum Gasteiger partial charge on any atom is -0.347 e. The Kier molecular flexibility index (Phi) is 7.64. The van der Waals surface area contributed by atoms with Crippen molar-refractivity contribution in [2.75, 3.05) is 33.7 Å². The first kappa shape index (κ1) is 20.1. The van der Waals surface area contributed by atoms with Crippen LogP contribution in [0.25, 0.3) is 0 Å². The van der Waals surface area contributed by atoms with E-state index in [1.54, 1.807) is 21.0 Å². The van der Waals surface area contributed by atoms with Crippen molar-refractivity contribution in [2.45, 2.75) is 39.3 Å². The van der Waals surface area contributed by atoms with Crippen LogP contribution in [0.3, 0.4) is 0 Å². The summed E-state index contributed by atoms with van der Waals surface area (Å²) in [7, 11) is 3.36. The molecule has 0 aromatic carbocycles. The third-order valence-corrected chi connectivity index (χ3v) is 3.95. The van der Waals surface area contributed by atoms with Gasteiger partial charge in [-0.2, -0.15) is 0 Å². The Labute approximate surface area is 133 Å². The fourth-order valence-corrected chi connectivity index (χ4v) is 2.56. The summed E-state index contributed by atoms with van der Waals surface area (Å²) in [5, 5.41) is 2.74. The largest absolute Gasteiger partial charge is 0.347 e. The Morgan fingerprint density at radius 1 is 1.43 bits per heavy atom. The van der Waals surface area contributed by atoms with E-state index in [4.69, 9.17) is 5.73 Å². The monoisotopic (exact) mass is 320 g/mol. The van der Waals surface area contributed by atoms with E-state index in [9.17, 15) is 9.59 Å². The van der Waals surface area contributed by atoms with Gasteiger partial charge in [-0.05, 0) is 18.8 Å². The second-order valence-corrected chi connectivity index (χ2v) is 6.62. The average Bonchev–Trinajstić information content (AvgIpc) is 2.32. The maximum Gasteiger partial charge on any atom is 0.244 e. The van der Waals surface area contributed by atoms with Gasteiger partial charge in [0.2, 0.25) is 11.8 Å². The van der Waals surface area contributed by atoms with E-state index in [0.29, 0.717) is 6.54 Å². The summed E-state index contributed by atoms with van der Waals surface area (Å²) in [6.45, 7) is 7.91. The molecule has 124 valence electrons. The highest BCUT2D eigenvalue weighted by molar-refractivity contribution is 5.87. The Morgan fingerprint density at radius 3 is 2.48 bits per heavy atom. The summed E-state index contributed by atoms with van der Waals surface area (Å²) in [6.07, 6.45) is 0.895. The number of nitrogens with two attached hydrogens (primary N) is 1. The molecule has 2 unspecified atom stereocenters. The second-order valence-electron chi connectivity index (χ2n) is 6.62. The highest BCUT2D eigenvalue weighted by Crippen LogP contribution is 2.27. The molecule has 1 fully saturated rings. The lowest BCUT2D eigenvalue weighted by molar-refractivity contribution is -0.134. The Hall–Kier alpha value is -0.850. The van der Waals surface area contributed by atoms with Crippen LogP contribution in [0, 0.1) is 5.41 Å². The Bertz CT molecular complexity index is 374. The summed E-state index contributed by atoms with van der Waals surface area (Å²) < 4.78 is 0. The molecule has 3 N–H and O–H groups in total. The molecule has 1 saturated heterocycles. The molecule has 0 aromatic rings. The van der Waals surface area contributed by atoms with E-state index in [-0.39, 0.29) is 35.7 Å². The topological polar surface area (TPSA) is 78.7 Å². The number of likely N-dealkylation sites (tertiary alicyclic amines) is 1. The maximum absolute atomic E-state index is 12.0. The number of piperidine rings is 1. The molecule has 1 aliphatic heterocycles. The molecule has 21 heavy (non-hydrogen) atoms. The van der Waals surface area contributed by atoms with Crippen molar-refractivity contribution in [1.82, 2.24) is 15.1 Å². The molecule has 7 heteroatoms. The van der Waals surface area contributed by atoms with Crippen LogP contribution >= 0.6 is 12.4 Å². The van der Waals surface area contributed by atoms with Crippen molar-refractivity contribution < 1.29 is 9.59 Å². The lowest BCUT2D eigenvalue weighted by Crippen LogP contribution is -2.55. The summed E-state index contributed by atoms with van der Waals surface area (Å²) in [4.78, 5) is 27.3. The maximum atomic E-state index is 12.0. The lowest BCUT2D eigenvalue weighted by atomic mass is 9.80. The van der Waals surface area contributed by atoms with Crippen LogP contribution in [0.15, 0.2) is 0 Å². The van der Waals surface area contributed by atoms with E-state index in [1.807, 2.05) is 0 Å². The predicted octanol–water partition coefficient (Wildman–Crippen LogP) is 0.0603. The standard InChI is InChI=1S/C14H28N4O2.ClH/c1-10(13(20)17(4)5)16-12(19)8-18-7-6-11(15)14(2,3)9-18;/h10-11H,6-9,15H2,1-5H3,(H,16,19);1H. The highest BCUT2D eigenvalue weighted by atomic mass is 35.5. The molecule has 2 amide bonds. The fourth-order valence-electron chi connectivity index (χ4n) is 2.56. The number of halogens is 1. The van der Waals surface area contributed by atoms with Crippen LogP contribution in [0.2, 0.25) is 0 Å². The predicted molar refractivity (Wildman–Crippen MR) is 86.4 cm³/mol. The number of rotatable bonds is 4. The minimum atomic E-state index is -0.488. The zero-order valence-electron chi connectivity index (χ0n) is 13.7. The average molecular weight is 321 g/mol. The van der Waals surface area contributed by atoms with Crippen LogP contribution in [0.4, 0.5) is 0 Å². The number of likely N-dealkylation sites (N-methyl/N-ethyl adjacent to an activating group) is 1. The van der Waals surface area contributed by atoms with Gasteiger partial charge < -0.3 is 16.0 Å². The third kappa shape index (κ3) is 5.80. The van der Waals surface area contributed by atoms with Crippen molar-refractivity contribution in [1.29, 1.82) is 0 Å². The summed E-state index contributed by atoms with van der Waals surface area (Å²) in [5.74, 6) is -0.210. The number of carbonyl (C=O) groups is 2. The van der Waals surface area contributed by atoms with Gasteiger partial charge in [0.05, 0.1) is 6.54 Å². The van der Waals surface area contributed by atoms with Crippen molar-refractivity contribution in [3.8, 4) is 0 Å². The van der Waals surface area contributed by atoms with E-state index in [1.165, 1.54) is 4.90 Å². The van der Waals surface area contributed by atoms with Gasteiger partial charge in [-0.25, -0.2) is 0 Å². The number of carbonyl (C=O) groups excluding carboxylic acids is 2. The molecular weight excluding hydrogens is 292 g/mol. The van der Waals surface area contributed by atoms with Crippen molar-refractivity contribution in [2.24, 2.45) is 11.1 Å². The zero-order valence-corrected chi connectivity index (χ0v) is 14.5. The first-order chi connectivity index (χ1) is 9.13. The Morgan fingerprint density at radius 2 is 2.00 bits per heavy atom. The normalized spacial score (nSPS) is 22.9. The van der Waals surface area contributed by atoms with Crippen molar-refractivity contribution in [3.05, 3.63) is 0 Å². The summed E-state index contributed by atoms with van der Waals surface area (Å²) in [6, 6.07) is -0.311. The van der Waals surface area contributed by atoms with E-state index < -0.39 is 6.04 Å². The molecule has 0 aromatic heterocycles.